The number of H-pyrrole nitrogens is 1. The number of benzene rings is 1. The van der Waals surface area contributed by atoms with Gasteiger partial charge in [0.05, 0.1) is 0 Å². The minimum absolute atomic E-state index is 0.973. The van der Waals surface area contributed by atoms with Crippen LogP contribution in [0.15, 0.2) is 42.6 Å². The smallest absolute Gasteiger partial charge is 0.0456 e. The first kappa shape index (κ1) is 12.5. The summed E-state index contributed by atoms with van der Waals surface area (Å²) >= 11 is 1.87. The average Bonchev–Trinajstić information content (AvgIpc) is 3.02. The molecular formula is C16H18N2S. The quantitative estimate of drug-likeness (QED) is 0.677. The Kier molecular flexibility index (Phi) is 3.67. The van der Waals surface area contributed by atoms with Crippen LogP contribution in [0.2, 0.25) is 0 Å². The van der Waals surface area contributed by atoms with E-state index < -0.39 is 0 Å². The number of thiophene rings is 1. The molecule has 3 rings (SSSR count). The van der Waals surface area contributed by atoms with E-state index in [1.54, 1.807) is 0 Å². The molecule has 0 atom stereocenters. The van der Waals surface area contributed by atoms with E-state index >= 15 is 0 Å². The first-order chi connectivity index (χ1) is 9.33. The highest BCUT2D eigenvalue weighted by Gasteiger charge is 2.02. The Morgan fingerprint density at radius 1 is 1.16 bits per heavy atom. The Bertz CT molecular complexity index is 666. The van der Waals surface area contributed by atoms with E-state index in [2.05, 4.69) is 59.8 Å². The zero-order valence-corrected chi connectivity index (χ0v) is 11.9. The first-order valence-electron chi connectivity index (χ1n) is 6.64. The van der Waals surface area contributed by atoms with Gasteiger partial charge < -0.3 is 10.3 Å². The van der Waals surface area contributed by atoms with E-state index in [0.29, 0.717) is 0 Å². The van der Waals surface area contributed by atoms with Crippen molar-refractivity contribution in [3.63, 3.8) is 0 Å². The second-order valence-corrected chi connectivity index (χ2v) is 6.17. The summed E-state index contributed by atoms with van der Waals surface area (Å²) in [4.78, 5) is 6.12. The van der Waals surface area contributed by atoms with Gasteiger partial charge in [-0.1, -0.05) is 18.2 Å². The van der Waals surface area contributed by atoms with Crippen LogP contribution in [-0.4, -0.2) is 11.5 Å². The van der Waals surface area contributed by atoms with Crippen molar-refractivity contribution >= 4 is 22.2 Å². The van der Waals surface area contributed by atoms with Gasteiger partial charge >= 0.3 is 0 Å². The number of para-hydroxylation sites is 1. The summed E-state index contributed by atoms with van der Waals surface area (Å²) in [6.07, 6.45) is 3.19. The number of rotatable bonds is 5. The monoisotopic (exact) mass is 270 g/mol. The van der Waals surface area contributed by atoms with Crippen LogP contribution in [-0.2, 0) is 13.0 Å². The topological polar surface area (TPSA) is 27.8 Å². The maximum Gasteiger partial charge on any atom is 0.0456 e. The minimum Gasteiger partial charge on any atom is -0.361 e. The Hall–Kier alpha value is -1.58. The molecule has 2 aromatic heterocycles. The number of aromatic nitrogens is 1. The molecule has 19 heavy (non-hydrogen) atoms. The van der Waals surface area contributed by atoms with Crippen molar-refractivity contribution in [3.8, 4) is 0 Å². The van der Waals surface area contributed by atoms with Crippen LogP contribution in [0, 0.1) is 6.92 Å². The van der Waals surface area contributed by atoms with Gasteiger partial charge in [0.1, 0.15) is 0 Å². The lowest BCUT2D eigenvalue weighted by atomic mass is 10.1. The Morgan fingerprint density at radius 3 is 2.89 bits per heavy atom. The zero-order valence-electron chi connectivity index (χ0n) is 11.1. The molecule has 2 N–H and O–H groups in total. The molecule has 3 heteroatoms. The fourth-order valence-electron chi connectivity index (χ4n) is 2.35. The van der Waals surface area contributed by atoms with Crippen LogP contribution in [0.25, 0.3) is 10.9 Å². The maximum absolute atomic E-state index is 3.51. The number of hydrogen-bond donors (Lipinski definition) is 2. The van der Waals surface area contributed by atoms with Crippen LogP contribution in [0.4, 0.5) is 0 Å². The van der Waals surface area contributed by atoms with E-state index in [0.717, 1.165) is 19.5 Å². The predicted octanol–water partition coefficient (Wildman–Crippen LogP) is 3.87. The van der Waals surface area contributed by atoms with Gasteiger partial charge in [0, 0.05) is 33.4 Å². The van der Waals surface area contributed by atoms with E-state index in [4.69, 9.17) is 0 Å². The van der Waals surface area contributed by atoms with E-state index in [9.17, 15) is 0 Å². The molecule has 0 aliphatic carbocycles. The molecule has 0 aliphatic heterocycles. The second-order valence-electron chi connectivity index (χ2n) is 4.80. The molecule has 0 saturated heterocycles. The molecule has 0 bridgehead atoms. The normalized spacial score (nSPS) is 11.2. The largest absolute Gasteiger partial charge is 0.361 e. The summed E-state index contributed by atoms with van der Waals surface area (Å²) in [5.41, 5.74) is 2.62. The molecular weight excluding hydrogens is 252 g/mol. The van der Waals surface area contributed by atoms with Crippen LogP contribution >= 0.6 is 11.3 Å². The summed E-state index contributed by atoms with van der Waals surface area (Å²) in [7, 11) is 0. The Balaban J connectivity index is 1.55. The SMILES string of the molecule is Cc1ccc(CNCCc2c[nH]c3ccccc23)s1. The minimum atomic E-state index is 0.973. The molecule has 2 nitrogen and oxygen atoms in total. The van der Waals surface area contributed by atoms with Crippen LogP contribution in [0.5, 0.6) is 0 Å². The van der Waals surface area contributed by atoms with E-state index in [1.165, 1.54) is 26.2 Å². The molecule has 0 saturated carbocycles. The lowest BCUT2D eigenvalue weighted by Crippen LogP contribution is -2.15. The molecule has 0 spiro atoms. The Morgan fingerprint density at radius 2 is 2.05 bits per heavy atom. The molecule has 0 fully saturated rings. The van der Waals surface area contributed by atoms with Gasteiger partial charge in [-0.2, -0.15) is 0 Å². The van der Waals surface area contributed by atoms with Crippen LogP contribution in [0.1, 0.15) is 15.3 Å². The first-order valence-corrected chi connectivity index (χ1v) is 7.45. The molecule has 0 radical (unpaired) electrons. The Labute approximate surface area is 117 Å². The van der Waals surface area contributed by atoms with Gasteiger partial charge in [-0.3, -0.25) is 0 Å². The fraction of sp³-hybridized carbons (Fsp3) is 0.250. The lowest BCUT2D eigenvalue weighted by molar-refractivity contribution is 0.695. The molecule has 1 aromatic carbocycles. The van der Waals surface area contributed by atoms with Crippen molar-refractivity contribution in [2.75, 3.05) is 6.54 Å². The predicted molar refractivity (Wildman–Crippen MR) is 82.8 cm³/mol. The highest BCUT2D eigenvalue weighted by atomic mass is 32.1. The molecule has 98 valence electrons. The molecule has 0 aliphatic rings. The molecule has 0 unspecified atom stereocenters. The molecule has 0 amide bonds. The summed E-state index contributed by atoms with van der Waals surface area (Å²) in [5.74, 6) is 0. The summed E-state index contributed by atoms with van der Waals surface area (Å²) in [6, 6.07) is 12.9. The van der Waals surface area contributed by atoms with Crippen molar-refractivity contribution in [2.45, 2.75) is 19.9 Å². The molecule has 3 aromatic rings. The highest BCUT2D eigenvalue weighted by molar-refractivity contribution is 7.11. The lowest BCUT2D eigenvalue weighted by Gasteiger charge is -2.02. The molecule has 2 heterocycles. The van der Waals surface area contributed by atoms with Gasteiger partial charge in [-0.15, -0.1) is 11.3 Å². The van der Waals surface area contributed by atoms with Gasteiger partial charge in [0.15, 0.2) is 0 Å². The standard InChI is InChI=1S/C16H18N2S/c1-12-6-7-14(19-12)11-17-9-8-13-10-18-16-5-3-2-4-15(13)16/h2-7,10,17-18H,8-9,11H2,1H3. The third-order valence-electron chi connectivity index (χ3n) is 3.34. The third-order valence-corrected chi connectivity index (χ3v) is 4.34. The van der Waals surface area contributed by atoms with Crippen molar-refractivity contribution in [3.05, 3.63) is 57.9 Å². The summed E-state index contributed by atoms with van der Waals surface area (Å²) < 4.78 is 0. The van der Waals surface area contributed by atoms with Crippen LogP contribution in [0.3, 0.4) is 0 Å². The maximum atomic E-state index is 3.51. The zero-order chi connectivity index (χ0) is 13.1. The van der Waals surface area contributed by atoms with E-state index in [1.807, 2.05) is 11.3 Å². The summed E-state index contributed by atoms with van der Waals surface area (Å²) in [6.45, 7) is 4.14. The van der Waals surface area contributed by atoms with Crippen molar-refractivity contribution in [1.29, 1.82) is 0 Å². The highest BCUT2D eigenvalue weighted by Crippen LogP contribution is 2.18. The van der Waals surface area contributed by atoms with E-state index in [-0.39, 0.29) is 0 Å². The second kappa shape index (κ2) is 5.59. The number of hydrogen-bond acceptors (Lipinski definition) is 2. The van der Waals surface area contributed by atoms with Crippen LogP contribution < -0.4 is 5.32 Å². The summed E-state index contributed by atoms with van der Waals surface area (Å²) in [5, 5.41) is 4.86. The van der Waals surface area contributed by atoms with Crippen molar-refractivity contribution in [1.82, 2.24) is 10.3 Å². The number of fused-ring (bicyclic) bond motifs is 1. The van der Waals surface area contributed by atoms with Crippen molar-refractivity contribution in [2.24, 2.45) is 0 Å². The number of aryl methyl sites for hydroxylation is 1. The number of nitrogens with one attached hydrogen (secondary N) is 2. The van der Waals surface area contributed by atoms with Gasteiger partial charge in [-0.05, 0) is 43.7 Å². The van der Waals surface area contributed by atoms with Crippen molar-refractivity contribution < 1.29 is 0 Å². The van der Waals surface area contributed by atoms with Gasteiger partial charge in [0.2, 0.25) is 0 Å². The van der Waals surface area contributed by atoms with Gasteiger partial charge in [-0.25, -0.2) is 0 Å². The number of aromatic amines is 1. The average molecular weight is 270 g/mol. The van der Waals surface area contributed by atoms with Gasteiger partial charge in [0.25, 0.3) is 0 Å². The third kappa shape index (κ3) is 2.88. The fourth-order valence-corrected chi connectivity index (χ4v) is 3.21.